The van der Waals surface area contributed by atoms with Crippen LogP contribution in [0.4, 0.5) is 9.59 Å². The van der Waals surface area contributed by atoms with Gasteiger partial charge >= 0.3 is 12.2 Å². The molecule has 0 saturated carbocycles. The molecule has 1 N–H and O–H groups in total. The fourth-order valence-electron chi connectivity index (χ4n) is 2.05. The monoisotopic (exact) mass is 490 g/mol. The summed E-state index contributed by atoms with van der Waals surface area (Å²) in [5.41, 5.74) is 2.27. The quantitative estimate of drug-likeness (QED) is 0.306. The first kappa shape index (κ1) is 26.0. The Hall–Kier alpha value is 0.0200. The predicted octanol–water partition coefficient (Wildman–Crippen LogP) is 5.80. The van der Waals surface area contributed by atoms with Gasteiger partial charge in [-0.1, -0.05) is 103 Å². The van der Waals surface area contributed by atoms with Gasteiger partial charge in [-0.2, -0.15) is 0 Å². The van der Waals surface area contributed by atoms with Crippen LogP contribution in [-0.2, 0) is 9.47 Å². The molecule has 0 aliphatic heterocycles. The Balaban J connectivity index is 5.42. The summed E-state index contributed by atoms with van der Waals surface area (Å²) in [6.07, 6.45) is -2.03. The molecule has 0 aromatic carbocycles. The molecular weight excluding hydrogens is 473 g/mol. The second kappa shape index (κ2) is 9.99. The molecule has 0 heterocycles. The van der Waals surface area contributed by atoms with E-state index < -0.39 is 44.4 Å². The number of amides is 2. The number of halogens is 6. The first-order valence-electron chi connectivity index (χ1n) is 7.12. The number of hydrogen-bond acceptors (Lipinski definition) is 4. The van der Waals surface area contributed by atoms with Gasteiger partial charge in [0.2, 0.25) is 7.59 Å². The van der Waals surface area contributed by atoms with Crippen LogP contribution in [0.15, 0.2) is 12.2 Å². The van der Waals surface area contributed by atoms with Crippen molar-refractivity contribution >= 4 is 81.8 Å². The third kappa shape index (κ3) is 11.0. The normalized spacial score (nSPS) is 13.6. The molecule has 0 spiro atoms. The molecule has 0 aromatic rings. The first-order valence-corrected chi connectivity index (χ1v) is 9.39. The summed E-state index contributed by atoms with van der Waals surface area (Å²) in [5, 5.41) is 0.888. The van der Waals surface area contributed by atoms with Crippen molar-refractivity contribution in [3.8, 4) is 0 Å². The highest BCUT2D eigenvalue weighted by atomic mass is 35.6. The van der Waals surface area contributed by atoms with Crippen molar-refractivity contribution in [2.24, 2.45) is 5.41 Å². The Labute approximate surface area is 182 Å². The number of rotatable bonds is 4. The summed E-state index contributed by atoms with van der Waals surface area (Å²) in [6.45, 7) is 9.94. The third-order valence-electron chi connectivity index (χ3n) is 2.68. The van der Waals surface area contributed by atoms with Gasteiger partial charge in [0, 0.05) is 0 Å². The van der Waals surface area contributed by atoms with E-state index in [0.717, 1.165) is 5.01 Å². The van der Waals surface area contributed by atoms with Crippen LogP contribution in [0.2, 0.25) is 0 Å². The number of hydrogen-bond donors (Lipinski definition) is 1. The molecule has 0 bridgehead atoms. The van der Waals surface area contributed by atoms with Gasteiger partial charge in [-0.15, -0.1) is 0 Å². The van der Waals surface area contributed by atoms with Gasteiger partial charge in [0.05, 0.1) is 6.04 Å². The van der Waals surface area contributed by atoms with E-state index in [0.29, 0.717) is 5.57 Å². The standard InChI is InChI=1S/C14H20Cl6N2O4/c1-8(2)9(12(3,4)5)22(11(24)26-7-14(18,19)20)21-10(23)25-6-13(15,16)17/h9H,1,6-7H2,2-5H3,(H,21,23). The van der Waals surface area contributed by atoms with Gasteiger partial charge in [-0.25, -0.2) is 20.0 Å². The van der Waals surface area contributed by atoms with Crippen LogP contribution >= 0.6 is 69.6 Å². The van der Waals surface area contributed by atoms with E-state index in [4.69, 9.17) is 79.1 Å². The highest BCUT2D eigenvalue weighted by Gasteiger charge is 2.38. The summed E-state index contributed by atoms with van der Waals surface area (Å²) in [5.74, 6) is 0. The minimum absolute atomic E-state index is 0.534. The molecule has 26 heavy (non-hydrogen) atoms. The highest BCUT2D eigenvalue weighted by Crippen LogP contribution is 2.31. The van der Waals surface area contributed by atoms with Crippen LogP contribution in [0.1, 0.15) is 27.7 Å². The fraction of sp³-hybridized carbons (Fsp3) is 0.714. The van der Waals surface area contributed by atoms with Crippen molar-refractivity contribution in [3.63, 3.8) is 0 Å². The third-order valence-corrected chi connectivity index (χ3v) is 3.33. The molecule has 0 fully saturated rings. The van der Waals surface area contributed by atoms with Gasteiger partial charge in [0.15, 0.2) is 0 Å². The number of alkyl halides is 6. The van der Waals surface area contributed by atoms with E-state index in [1.807, 2.05) is 20.8 Å². The average Bonchev–Trinajstić information content (AvgIpc) is 2.38. The van der Waals surface area contributed by atoms with Gasteiger partial charge in [0.1, 0.15) is 13.2 Å². The van der Waals surface area contributed by atoms with E-state index in [9.17, 15) is 9.59 Å². The number of carbonyl (C=O) groups excluding carboxylic acids is 2. The van der Waals surface area contributed by atoms with Crippen LogP contribution in [0, 0.1) is 5.41 Å². The summed E-state index contributed by atoms with van der Waals surface area (Å²) < 4.78 is 6.08. The molecule has 0 aliphatic carbocycles. The number of nitrogens with one attached hydrogen (secondary N) is 1. The lowest BCUT2D eigenvalue weighted by atomic mass is 9.83. The zero-order valence-corrected chi connectivity index (χ0v) is 19.1. The molecule has 152 valence electrons. The molecule has 12 heteroatoms. The average molecular weight is 493 g/mol. The van der Waals surface area contributed by atoms with Crippen molar-refractivity contribution in [1.82, 2.24) is 10.4 Å². The Morgan fingerprint density at radius 3 is 1.77 bits per heavy atom. The van der Waals surface area contributed by atoms with Crippen LogP contribution in [0.5, 0.6) is 0 Å². The summed E-state index contributed by atoms with van der Waals surface area (Å²) in [7, 11) is 0. The van der Waals surface area contributed by atoms with Gasteiger partial charge in [0.25, 0.3) is 0 Å². The van der Waals surface area contributed by atoms with E-state index in [-0.39, 0.29) is 0 Å². The lowest BCUT2D eigenvalue weighted by molar-refractivity contribution is 0.0357. The maximum absolute atomic E-state index is 12.5. The van der Waals surface area contributed by atoms with E-state index >= 15 is 0 Å². The number of nitrogens with zero attached hydrogens (tertiary/aromatic N) is 1. The van der Waals surface area contributed by atoms with Crippen LogP contribution in [0.25, 0.3) is 0 Å². The Kier molecular flexibility index (Phi) is 9.99. The maximum atomic E-state index is 12.5. The molecule has 1 atom stereocenters. The predicted molar refractivity (Wildman–Crippen MR) is 106 cm³/mol. The van der Waals surface area contributed by atoms with Gasteiger partial charge in [-0.05, 0) is 12.3 Å². The van der Waals surface area contributed by atoms with Gasteiger partial charge < -0.3 is 9.47 Å². The number of ether oxygens (including phenoxy) is 2. The molecule has 2 amide bonds. The smallest absolute Gasteiger partial charge is 0.429 e. The van der Waals surface area contributed by atoms with Crippen molar-refractivity contribution in [2.45, 2.75) is 41.3 Å². The van der Waals surface area contributed by atoms with Crippen LogP contribution in [-0.4, -0.2) is 44.0 Å². The summed E-state index contributed by atoms with van der Waals surface area (Å²) in [4.78, 5) is 24.5. The van der Waals surface area contributed by atoms with Crippen molar-refractivity contribution in [3.05, 3.63) is 12.2 Å². The molecule has 0 rings (SSSR count). The zero-order chi connectivity index (χ0) is 20.9. The minimum Gasteiger partial charge on any atom is -0.444 e. The molecular formula is C14H20Cl6N2O4. The molecule has 0 saturated heterocycles. The van der Waals surface area contributed by atoms with Crippen LogP contribution < -0.4 is 5.43 Å². The molecule has 0 aromatic heterocycles. The molecule has 1 unspecified atom stereocenters. The lowest BCUT2D eigenvalue weighted by Gasteiger charge is -2.39. The molecule has 6 nitrogen and oxygen atoms in total. The number of hydrazine groups is 1. The SMILES string of the molecule is C=C(C)C(N(NC(=O)OCC(Cl)(Cl)Cl)C(=O)OCC(Cl)(Cl)Cl)C(C)(C)C. The van der Waals surface area contributed by atoms with E-state index in [1.54, 1.807) is 6.92 Å². The first-order chi connectivity index (χ1) is 11.4. The highest BCUT2D eigenvalue weighted by molar-refractivity contribution is 6.68. The zero-order valence-electron chi connectivity index (χ0n) is 14.5. The summed E-state index contributed by atoms with van der Waals surface area (Å²) >= 11 is 33.3. The van der Waals surface area contributed by atoms with E-state index in [1.165, 1.54) is 0 Å². The summed E-state index contributed by atoms with van der Waals surface area (Å²) in [6, 6.07) is -0.675. The largest absolute Gasteiger partial charge is 0.444 e. The Morgan fingerprint density at radius 1 is 1.00 bits per heavy atom. The second-order valence-corrected chi connectivity index (χ2v) is 11.5. The van der Waals surface area contributed by atoms with Crippen molar-refractivity contribution < 1.29 is 19.1 Å². The van der Waals surface area contributed by atoms with Crippen molar-refractivity contribution in [1.29, 1.82) is 0 Å². The van der Waals surface area contributed by atoms with Crippen LogP contribution in [0.3, 0.4) is 0 Å². The lowest BCUT2D eigenvalue weighted by Crippen LogP contribution is -2.57. The molecule has 0 radical (unpaired) electrons. The van der Waals surface area contributed by atoms with E-state index in [2.05, 4.69) is 12.0 Å². The second-order valence-electron chi connectivity index (χ2n) is 6.46. The number of carbonyl (C=O) groups is 2. The maximum Gasteiger partial charge on any atom is 0.429 e. The minimum atomic E-state index is -1.82. The molecule has 0 aliphatic rings. The fourth-order valence-corrected chi connectivity index (χ4v) is 2.38. The Bertz CT molecular complexity index is 525. The topological polar surface area (TPSA) is 67.9 Å². The van der Waals surface area contributed by atoms with Crippen molar-refractivity contribution in [2.75, 3.05) is 13.2 Å². The van der Waals surface area contributed by atoms with Gasteiger partial charge in [-0.3, -0.25) is 0 Å². The Morgan fingerprint density at radius 2 is 1.42 bits per heavy atom.